The first-order chi connectivity index (χ1) is 13.1. The highest BCUT2D eigenvalue weighted by atomic mass is 19.1. The van der Waals surface area contributed by atoms with Gasteiger partial charge in [0.05, 0.1) is 5.69 Å². The van der Waals surface area contributed by atoms with E-state index in [0.717, 1.165) is 49.8 Å². The zero-order valence-electron chi connectivity index (χ0n) is 15.2. The van der Waals surface area contributed by atoms with Crippen molar-refractivity contribution in [2.45, 2.75) is 51.4 Å². The first-order valence-electron chi connectivity index (χ1n) is 9.43. The molecule has 3 rings (SSSR count). The highest BCUT2D eigenvalue weighted by Crippen LogP contribution is 2.28. The summed E-state index contributed by atoms with van der Waals surface area (Å²) in [7, 11) is 0. The molecular weight excluding hydrogens is 349 g/mol. The average Bonchev–Trinajstić information content (AvgIpc) is 3.22. The van der Waals surface area contributed by atoms with Crippen molar-refractivity contribution in [2.24, 2.45) is 0 Å². The lowest BCUT2D eigenvalue weighted by atomic mass is 10.1. The first-order valence-corrected chi connectivity index (χ1v) is 9.43. The molecule has 144 valence electrons. The minimum atomic E-state index is -0.772. The molecule has 0 saturated carbocycles. The van der Waals surface area contributed by atoms with Crippen LogP contribution in [0.25, 0.3) is 5.69 Å². The second kappa shape index (κ2) is 8.79. The zero-order valence-corrected chi connectivity index (χ0v) is 15.2. The summed E-state index contributed by atoms with van der Waals surface area (Å²) < 4.78 is 15.2. The van der Waals surface area contributed by atoms with Crippen molar-refractivity contribution in [3.05, 3.63) is 47.0 Å². The van der Waals surface area contributed by atoms with Crippen LogP contribution < -0.4 is 5.32 Å². The number of hydrogen-bond acceptors (Lipinski definition) is 3. The van der Waals surface area contributed by atoms with E-state index in [0.29, 0.717) is 24.3 Å². The van der Waals surface area contributed by atoms with E-state index in [1.165, 1.54) is 12.1 Å². The van der Waals surface area contributed by atoms with E-state index < -0.39 is 5.97 Å². The second-order valence-electron chi connectivity index (χ2n) is 6.83. The van der Waals surface area contributed by atoms with Crippen molar-refractivity contribution in [2.75, 3.05) is 6.54 Å². The molecule has 7 heteroatoms. The van der Waals surface area contributed by atoms with Crippen LogP contribution in [-0.2, 0) is 17.6 Å². The number of carboxylic acid groups (broad SMARTS) is 1. The van der Waals surface area contributed by atoms with Gasteiger partial charge < -0.3 is 10.4 Å². The highest BCUT2D eigenvalue weighted by Gasteiger charge is 2.26. The van der Waals surface area contributed by atoms with Crippen molar-refractivity contribution in [3.63, 3.8) is 0 Å². The van der Waals surface area contributed by atoms with Crippen LogP contribution in [0.5, 0.6) is 0 Å². The number of carbonyl (C=O) groups is 2. The molecule has 0 fully saturated rings. The Morgan fingerprint density at radius 3 is 2.78 bits per heavy atom. The van der Waals surface area contributed by atoms with Crippen LogP contribution in [0.3, 0.4) is 0 Å². The number of unbranched alkanes of at least 4 members (excludes halogenated alkanes) is 3. The average molecular weight is 373 g/mol. The summed E-state index contributed by atoms with van der Waals surface area (Å²) >= 11 is 0. The molecule has 0 aliphatic heterocycles. The lowest BCUT2D eigenvalue weighted by molar-refractivity contribution is -0.137. The van der Waals surface area contributed by atoms with E-state index in [-0.39, 0.29) is 18.1 Å². The number of rotatable bonds is 9. The third-order valence-electron chi connectivity index (χ3n) is 4.80. The van der Waals surface area contributed by atoms with Crippen molar-refractivity contribution < 1.29 is 19.1 Å². The van der Waals surface area contributed by atoms with Gasteiger partial charge in [-0.2, -0.15) is 5.10 Å². The lowest BCUT2D eigenvalue weighted by Crippen LogP contribution is -2.26. The number of carboxylic acids is 1. The lowest BCUT2D eigenvalue weighted by Gasteiger charge is -2.06. The molecule has 0 radical (unpaired) electrons. The van der Waals surface area contributed by atoms with Crippen LogP contribution in [0.1, 0.15) is 60.3 Å². The smallest absolute Gasteiger partial charge is 0.303 e. The van der Waals surface area contributed by atoms with Crippen LogP contribution in [0, 0.1) is 5.82 Å². The van der Waals surface area contributed by atoms with E-state index in [9.17, 15) is 14.0 Å². The molecule has 0 unspecified atom stereocenters. The molecule has 0 saturated heterocycles. The fraction of sp³-hybridized carbons (Fsp3) is 0.450. The Morgan fingerprint density at radius 2 is 2.00 bits per heavy atom. The Kier molecular flexibility index (Phi) is 6.21. The molecule has 1 aliphatic carbocycles. The van der Waals surface area contributed by atoms with Gasteiger partial charge in [-0.1, -0.05) is 18.9 Å². The standard InChI is InChI=1S/C20H24FN3O3/c21-14-7-5-8-15(13-14)24-17-10-6-9-16(17)19(23-24)20(27)22-12-4-2-1-3-11-18(25)26/h5,7-8,13H,1-4,6,9-12H2,(H,22,27)(H,25,26). The number of fused-ring (bicyclic) bond motifs is 1. The highest BCUT2D eigenvalue weighted by molar-refractivity contribution is 5.94. The summed E-state index contributed by atoms with van der Waals surface area (Å²) in [5, 5.41) is 16.0. The van der Waals surface area contributed by atoms with Gasteiger partial charge in [-0.05, 0) is 50.3 Å². The zero-order chi connectivity index (χ0) is 19.2. The van der Waals surface area contributed by atoms with Gasteiger partial charge in [0.25, 0.3) is 5.91 Å². The summed E-state index contributed by atoms with van der Waals surface area (Å²) in [6.07, 6.45) is 5.98. The molecule has 0 atom stereocenters. The Bertz CT molecular complexity index is 832. The molecule has 1 amide bonds. The number of nitrogens with one attached hydrogen (secondary N) is 1. The molecule has 2 aromatic rings. The number of hydrogen-bond donors (Lipinski definition) is 2. The van der Waals surface area contributed by atoms with E-state index in [1.54, 1.807) is 16.8 Å². The van der Waals surface area contributed by atoms with Gasteiger partial charge in [0.15, 0.2) is 5.69 Å². The molecule has 27 heavy (non-hydrogen) atoms. The largest absolute Gasteiger partial charge is 0.481 e. The van der Waals surface area contributed by atoms with Gasteiger partial charge in [0, 0.05) is 24.2 Å². The van der Waals surface area contributed by atoms with Gasteiger partial charge in [-0.3, -0.25) is 9.59 Å². The van der Waals surface area contributed by atoms with Gasteiger partial charge >= 0.3 is 5.97 Å². The van der Waals surface area contributed by atoms with E-state index in [2.05, 4.69) is 10.4 Å². The molecule has 2 N–H and O–H groups in total. The summed E-state index contributed by atoms with van der Waals surface area (Å²) in [6.45, 7) is 0.535. The number of aromatic nitrogens is 2. The van der Waals surface area contributed by atoms with E-state index >= 15 is 0 Å². The number of aliphatic carboxylic acids is 1. The first kappa shape index (κ1) is 19.1. The second-order valence-corrected chi connectivity index (χ2v) is 6.83. The van der Waals surface area contributed by atoms with Crippen LogP contribution in [0.2, 0.25) is 0 Å². The summed E-state index contributed by atoms with van der Waals surface area (Å²) in [5.74, 6) is -1.30. The maximum absolute atomic E-state index is 13.6. The Labute approximate surface area is 157 Å². The van der Waals surface area contributed by atoms with E-state index in [1.807, 2.05) is 0 Å². The van der Waals surface area contributed by atoms with Crippen molar-refractivity contribution in [3.8, 4) is 5.69 Å². The Balaban J connectivity index is 1.59. The van der Waals surface area contributed by atoms with Crippen molar-refractivity contribution in [1.29, 1.82) is 0 Å². The molecule has 1 aliphatic rings. The number of nitrogens with zero attached hydrogens (tertiary/aromatic N) is 2. The van der Waals surface area contributed by atoms with Crippen LogP contribution in [0.4, 0.5) is 4.39 Å². The molecule has 0 bridgehead atoms. The SMILES string of the molecule is O=C(O)CCCCCCNC(=O)c1nn(-c2cccc(F)c2)c2c1CCC2. The molecule has 1 aromatic carbocycles. The molecule has 1 aromatic heterocycles. The number of halogens is 1. The van der Waals surface area contributed by atoms with Crippen LogP contribution in [0.15, 0.2) is 24.3 Å². The number of benzene rings is 1. The molecule has 0 spiro atoms. The minimum Gasteiger partial charge on any atom is -0.481 e. The molecule has 6 nitrogen and oxygen atoms in total. The number of carbonyl (C=O) groups excluding carboxylic acids is 1. The predicted octanol–water partition coefficient (Wildman–Crippen LogP) is 3.27. The summed E-state index contributed by atoms with van der Waals surface area (Å²) in [4.78, 5) is 23.0. The van der Waals surface area contributed by atoms with Crippen molar-refractivity contribution >= 4 is 11.9 Å². The van der Waals surface area contributed by atoms with Gasteiger partial charge in [-0.15, -0.1) is 0 Å². The van der Waals surface area contributed by atoms with Crippen molar-refractivity contribution in [1.82, 2.24) is 15.1 Å². The third-order valence-corrected chi connectivity index (χ3v) is 4.80. The predicted molar refractivity (Wildman–Crippen MR) is 98.6 cm³/mol. The Morgan fingerprint density at radius 1 is 1.19 bits per heavy atom. The van der Waals surface area contributed by atoms with Gasteiger partial charge in [-0.25, -0.2) is 9.07 Å². The fourth-order valence-corrected chi connectivity index (χ4v) is 3.48. The summed E-state index contributed by atoms with van der Waals surface area (Å²) in [6, 6.07) is 6.23. The fourth-order valence-electron chi connectivity index (χ4n) is 3.48. The monoisotopic (exact) mass is 373 g/mol. The topological polar surface area (TPSA) is 84.2 Å². The van der Waals surface area contributed by atoms with Gasteiger partial charge in [0.1, 0.15) is 5.82 Å². The molecule has 1 heterocycles. The van der Waals surface area contributed by atoms with E-state index in [4.69, 9.17) is 5.11 Å². The minimum absolute atomic E-state index is 0.190. The third kappa shape index (κ3) is 4.72. The molecular formula is C20H24FN3O3. The maximum Gasteiger partial charge on any atom is 0.303 e. The Hall–Kier alpha value is -2.70. The quantitative estimate of drug-likeness (QED) is 0.661. The number of amides is 1. The van der Waals surface area contributed by atoms with Crippen LogP contribution in [-0.4, -0.2) is 33.3 Å². The summed E-state index contributed by atoms with van der Waals surface area (Å²) in [5.41, 5.74) is 3.00. The maximum atomic E-state index is 13.6. The van der Waals surface area contributed by atoms with Crippen LogP contribution >= 0.6 is 0 Å². The van der Waals surface area contributed by atoms with Gasteiger partial charge in [0.2, 0.25) is 0 Å². The normalized spacial score (nSPS) is 12.8.